The fraction of sp³-hybridized carbons (Fsp3) is 0. The molecule has 7 nitrogen and oxygen atoms in total. The fourth-order valence-electron chi connectivity index (χ4n) is 0.426. The molecule has 0 unspecified atom stereocenters. The molecule has 0 saturated carbocycles. The van der Waals surface area contributed by atoms with Crippen molar-refractivity contribution in [3.63, 3.8) is 0 Å². The van der Waals surface area contributed by atoms with E-state index in [0.29, 0.717) is 0 Å². The number of rotatable bonds is 1. The summed E-state index contributed by atoms with van der Waals surface area (Å²) in [6.07, 6.45) is 4.22. The molecule has 1 aromatic heterocycles. The van der Waals surface area contributed by atoms with Gasteiger partial charge in [-0.3, -0.25) is 14.3 Å². The molecule has 0 bridgehead atoms. The molecule has 13 heavy (non-hydrogen) atoms. The third-order valence-electron chi connectivity index (χ3n) is 0.816. The van der Waals surface area contributed by atoms with Gasteiger partial charge in [-0.25, -0.2) is 4.98 Å². The number of primary amides is 1. The van der Waals surface area contributed by atoms with E-state index in [-0.39, 0.29) is 5.69 Å². The van der Waals surface area contributed by atoms with Gasteiger partial charge < -0.3 is 15.5 Å². The predicted molar refractivity (Wildman–Crippen MR) is 44.0 cm³/mol. The Morgan fingerprint density at radius 2 is 2.00 bits per heavy atom. The lowest BCUT2D eigenvalue weighted by Crippen LogP contribution is -2.12. The maximum atomic E-state index is 10.3. The summed E-state index contributed by atoms with van der Waals surface area (Å²) in [5, 5.41) is 0. The monoisotopic (exact) mass is 205 g/mol. The molecule has 0 atom stereocenters. The number of hydrogen-bond acceptors (Lipinski definition) is 4. The van der Waals surface area contributed by atoms with Gasteiger partial charge in [0, 0.05) is 12.4 Å². The number of aromatic nitrogens is 2. The molecule has 72 valence electrons. The lowest BCUT2D eigenvalue weighted by molar-refractivity contribution is 0.0995. The molecule has 0 spiro atoms. The van der Waals surface area contributed by atoms with Crippen LogP contribution in [0.5, 0.6) is 0 Å². The first-order valence-electron chi connectivity index (χ1n) is 3.01. The Balaban J connectivity index is 0.000000310. The zero-order valence-electron chi connectivity index (χ0n) is 6.41. The van der Waals surface area contributed by atoms with Crippen LogP contribution in [0.15, 0.2) is 18.6 Å². The third kappa shape index (κ3) is 7.07. The molecular formula is C5H8N3O4P. The number of nitrogens with two attached hydrogens (primary N) is 1. The van der Waals surface area contributed by atoms with Crippen LogP contribution in [0.25, 0.3) is 0 Å². The van der Waals surface area contributed by atoms with Gasteiger partial charge in [0.15, 0.2) is 0 Å². The number of carbonyl (C=O) groups excluding carboxylic acids is 1. The van der Waals surface area contributed by atoms with Gasteiger partial charge in [0.1, 0.15) is 5.69 Å². The molecule has 1 heterocycles. The van der Waals surface area contributed by atoms with Crippen LogP contribution in [0, 0.1) is 0 Å². The summed E-state index contributed by atoms with van der Waals surface area (Å²) in [5.41, 5.74) is 5.06. The van der Waals surface area contributed by atoms with Gasteiger partial charge >= 0.3 is 8.25 Å². The van der Waals surface area contributed by atoms with E-state index in [0.717, 1.165) is 0 Å². The first-order valence-corrected chi connectivity index (χ1v) is 4.32. The summed E-state index contributed by atoms with van der Waals surface area (Å²) in [7, 11) is -3.13. The predicted octanol–water partition coefficient (Wildman–Crippen LogP) is -1.06. The van der Waals surface area contributed by atoms with Gasteiger partial charge in [0.25, 0.3) is 5.91 Å². The first-order chi connectivity index (χ1) is 6.04. The van der Waals surface area contributed by atoms with Crippen molar-refractivity contribution in [3.05, 3.63) is 24.3 Å². The largest absolute Gasteiger partial charge is 0.364 e. The normalized spacial score (nSPS) is 8.85. The average molecular weight is 205 g/mol. The Bertz CT molecular complexity index is 287. The van der Waals surface area contributed by atoms with E-state index in [4.69, 9.17) is 20.1 Å². The average Bonchev–Trinajstić information content (AvgIpc) is 2.05. The Morgan fingerprint density at radius 3 is 2.23 bits per heavy atom. The molecule has 0 aromatic carbocycles. The van der Waals surface area contributed by atoms with E-state index >= 15 is 0 Å². The minimum Gasteiger partial charge on any atom is -0.364 e. The molecule has 0 fully saturated rings. The second kappa shape index (κ2) is 6.24. The van der Waals surface area contributed by atoms with Crippen LogP contribution < -0.4 is 5.73 Å². The van der Waals surface area contributed by atoms with Crippen LogP contribution in [0.4, 0.5) is 0 Å². The molecule has 0 aliphatic rings. The Kier molecular flexibility index (Phi) is 5.62. The van der Waals surface area contributed by atoms with Gasteiger partial charge in [-0.1, -0.05) is 0 Å². The highest BCUT2D eigenvalue weighted by Crippen LogP contribution is 1.98. The number of nitrogens with zero attached hydrogens (tertiary/aromatic N) is 2. The lowest BCUT2D eigenvalue weighted by atomic mass is 10.4. The standard InChI is InChI=1S/C5H5N3O.H3O3P/c6-5(9)4-3-7-1-2-8-4;1-4(2)3/h1-3H,(H2,6,9);4H,(H2,1,2,3). The lowest BCUT2D eigenvalue weighted by Gasteiger charge is -1.87. The van der Waals surface area contributed by atoms with Gasteiger partial charge in [-0.15, -0.1) is 0 Å². The number of hydrogen-bond donors (Lipinski definition) is 3. The summed E-state index contributed by atoms with van der Waals surface area (Å²) >= 11 is 0. The summed E-state index contributed by atoms with van der Waals surface area (Å²) in [5.74, 6) is -0.553. The quantitative estimate of drug-likeness (QED) is 0.501. The van der Waals surface area contributed by atoms with Crippen molar-refractivity contribution >= 4 is 14.2 Å². The topological polar surface area (TPSA) is 126 Å². The zero-order chi connectivity index (χ0) is 10.3. The molecule has 0 aliphatic carbocycles. The summed E-state index contributed by atoms with van der Waals surface area (Å²) in [6, 6.07) is 0. The molecule has 0 radical (unpaired) electrons. The molecule has 1 amide bonds. The minimum atomic E-state index is -3.13. The minimum absolute atomic E-state index is 0.192. The van der Waals surface area contributed by atoms with Crippen molar-refractivity contribution in [1.29, 1.82) is 0 Å². The highest BCUT2D eigenvalue weighted by atomic mass is 31.1. The number of amides is 1. The molecule has 0 aliphatic heterocycles. The van der Waals surface area contributed by atoms with Crippen molar-refractivity contribution in [2.45, 2.75) is 0 Å². The van der Waals surface area contributed by atoms with Crippen molar-refractivity contribution in [2.24, 2.45) is 5.73 Å². The van der Waals surface area contributed by atoms with E-state index in [1.54, 1.807) is 0 Å². The van der Waals surface area contributed by atoms with Crippen LogP contribution in [0.1, 0.15) is 10.5 Å². The van der Waals surface area contributed by atoms with Gasteiger partial charge in [0.05, 0.1) is 6.20 Å². The second-order valence-corrected chi connectivity index (χ2v) is 2.30. The smallest absolute Gasteiger partial charge is 0.314 e. The Morgan fingerprint density at radius 1 is 1.46 bits per heavy atom. The van der Waals surface area contributed by atoms with Crippen LogP contribution in [-0.2, 0) is 4.57 Å². The molecule has 8 heteroatoms. The third-order valence-corrected chi connectivity index (χ3v) is 0.816. The number of carbonyl (C=O) groups is 1. The molecule has 1 aromatic rings. The van der Waals surface area contributed by atoms with Crippen molar-refractivity contribution in [2.75, 3.05) is 0 Å². The van der Waals surface area contributed by atoms with Crippen molar-refractivity contribution in [1.82, 2.24) is 9.97 Å². The van der Waals surface area contributed by atoms with Crippen molar-refractivity contribution in [3.8, 4) is 0 Å². The molecule has 1 rings (SSSR count). The molecular weight excluding hydrogens is 197 g/mol. The summed E-state index contributed by atoms with van der Waals surface area (Å²) < 4.78 is 8.74. The second-order valence-electron chi connectivity index (χ2n) is 1.74. The van der Waals surface area contributed by atoms with E-state index in [1.807, 2.05) is 0 Å². The van der Waals surface area contributed by atoms with Gasteiger partial charge in [-0.2, -0.15) is 0 Å². The SMILES string of the molecule is NC(=O)c1cnccn1.O=[PH](O)O. The maximum absolute atomic E-state index is 10.3. The van der Waals surface area contributed by atoms with E-state index in [2.05, 4.69) is 9.97 Å². The van der Waals surface area contributed by atoms with Crippen molar-refractivity contribution < 1.29 is 19.1 Å². The van der Waals surface area contributed by atoms with E-state index in [1.165, 1.54) is 18.6 Å². The van der Waals surface area contributed by atoms with Crippen LogP contribution in [-0.4, -0.2) is 25.7 Å². The highest BCUT2D eigenvalue weighted by Gasteiger charge is 1.97. The maximum Gasteiger partial charge on any atom is 0.314 e. The van der Waals surface area contributed by atoms with Gasteiger partial charge in [-0.05, 0) is 0 Å². The molecule has 4 N–H and O–H groups in total. The summed E-state index contributed by atoms with van der Waals surface area (Å²) in [6.45, 7) is 0. The zero-order valence-corrected chi connectivity index (χ0v) is 7.41. The van der Waals surface area contributed by atoms with Crippen LogP contribution in [0.2, 0.25) is 0 Å². The Hall–Kier alpha value is -1.30. The van der Waals surface area contributed by atoms with Crippen LogP contribution in [0.3, 0.4) is 0 Å². The van der Waals surface area contributed by atoms with E-state index in [9.17, 15) is 4.79 Å². The van der Waals surface area contributed by atoms with Crippen LogP contribution >= 0.6 is 8.25 Å². The molecule has 0 saturated heterocycles. The Labute approximate surface area is 74.2 Å². The summed E-state index contributed by atoms with van der Waals surface area (Å²) in [4.78, 5) is 31.9. The van der Waals surface area contributed by atoms with E-state index < -0.39 is 14.2 Å². The fourth-order valence-corrected chi connectivity index (χ4v) is 0.426. The highest BCUT2D eigenvalue weighted by molar-refractivity contribution is 7.30. The first kappa shape index (κ1) is 11.7. The van der Waals surface area contributed by atoms with Gasteiger partial charge in [0.2, 0.25) is 0 Å².